The molecule has 0 bridgehead atoms. The second kappa shape index (κ2) is 2.88. The van der Waals surface area contributed by atoms with Crippen LogP contribution in [-0.4, -0.2) is 25.3 Å². The van der Waals surface area contributed by atoms with E-state index >= 15 is 0 Å². The lowest BCUT2D eigenvalue weighted by molar-refractivity contribution is 0.474. The standard InChI is InChI=1S/C9H11NO3S/c1-6-5-10-9-7(11)3-2-4-8(9)14(6,12)13/h2-4,6,10-11H,5H2,1H3. The Morgan fingerprint density at radius 3 is 2.93 bits per heavy atom. The summed E-state index contributed by atoms with van der Waals surface area (Å²) in [5.74, 6) is -0.0158. The van der Waals surface area contributed by atoms with Crippen LogP contribution in [0.15, 0.2) is 23.1 Å². The number of hydrogen-bond donors (Lipinski definition) is 2. The molecule has 1 atom stereocenters. The molecule has 1 unspecified atom stereocenters. The highest BCUT2D eigenvalue weighted by atomic mass is 32.2. The van der Waals surface area contributed by atoms with Crippen LogP contribution in [0, 0.1) is 0 Å². The zero-order valence-corrected chi connectivity index (χ0v) is 8.50. The number of anilines is 1. The summed E-state index contributed by atoms with van der Waals surface area (Å²) in [5.41, 5.74) is 0.325. The molecule has 0 aliphatic carbocycles. The molecule has 0 aromatic heterocycles. The molecular weight excluding hydrogens is 202 g/mol. The topological polar surface area (TPSA) is 66.4 Å². The van der Waals surface area contributed by atoms with Gasteiger partial charge in [0.2, 0.25) is 0 Å². The largest absolute Gasteiger partial charge is 0.506 e. The van der Waals surface area contributed by atoms with Gasteiger partial charge in [-0.05, 0) is 19.1 Å². The van der Waals surface area contributed by atoms with Gasteiger partial charge in [-0.15, -0.1) is 0 Å². The molecule has 2 N–H and O–H groups in total. The first-order valence-electron chi connectivity index (χ1n) is 4.33. The van der Waals surface area contributed by atoms with Crippen molar-refractivity contribution >= 4 is 15.5 Å². The monoisotopic (exact) mass is 213 g/mol. The highest BCUT2D eigenvalue weighted by Crippen LogP contribution is 2.35. The lowest BCUT2D eigenvalue weighted by Gasteiger charge is -2.23. The number of nitrogens with one attached hydrogen (secondary N) is 1. The van der Waals surface area contributed by atoms with E-state index in [1.807, 2.05) is 0 Å². The molecule has 1 aliphatic rings. The van der Waals surface area contributed by atoms with E-state index in [1.165, 1.54) is 18.2 Å². The van der Waals surface area contributed by atoms with E-state index in [-0.39, 0.29) is 10.6 Å². The SMILES string of the molecule is CC1CNc2c(O)cccc2S1(=O)=O. The zero-order chi connectivity index (χ0) is 10.3. The van der Waals surface area contributed by atoms with E-state index in [0.717, 1.165) is 0 Å². The molecule has 1 heterocycles. The van der Waals surface area contributed by atoms with Gasteiger partial charge in [-0.1, -0.05) is 6.07 Å². The molecular formula is C9H11NO3S. The van der Waals surface area contributed by atoms with E-state index in [2.05, 4.69) is 5.32 Å². The molecule has 1 aromatic carbocycles. The van der Waals surface area contributed by atoms with Crippen LogP contribution < -0.4 is 5.32 Å². The van der Waals surface area contributed by atoms with Crippen LogP contribution in [0.25, 0.3) is 0 Å². The Bertz CT molecular complexity index is 467. The molecule has 0 fully saturated rings. The average molecular weight is 213 g/mol. The average Bonchev–Trinajstić information content (AvgIpc) is 2.13. The van der Waals surface area contributed by atoms with E-state index in [1.54, 1.807) is 6.92 Å². The third-order valence-corrected chi connectivity index (χ3v) is 4.59. The van der Waals surface area contributed by atoms with Crippen LogP contribution in [0.5, 0.6) is 5.75 Å². The molecule has 0 saturated carbocycles. The Kier molecular flexibility index (Phi) is 1.92. The van der Waals surface area contributed by atoms with Gasteiger partial charge in [-0.25, -0.2) is 8.42 Å². The maximum absolute atomic E-state index is 11.8. The van der Waals surface area contributed by atoms with Crippen LogP contribution in [0.4, 0.5) is 5.69 Å². The van der Waals surface area contributed by atoms with Crippen molar-refractivity contribution in [3.63, 3.8) is 0 Å². The number of phenols is 1. The minimum absolute atomic E-state index is 0.0158. The Morgan fingerprint density at radius 2 is 2.21 bits per heavy atom. The highest BCUT2D eigenvalue weighted by Gasteiger charge is 2.31. The molecule has 14 heavy (non-hydrogen) atoms. The fraction of sp³-hybridized carbons (Fsp3) is 0.333. The molecule has 0 radical (unpaired) electrons. The third-order valence-electron chi connectivity index (χ3n) is 2.41. The molecule has 2 rings (SSSR count). The minimum Gasteiger partial charge on any atom is -0.506 e. The normalized spacial score (nSPS) is 23.6. The summed E-state index contributed by atoms with van der Waals surface area (Å²) in [6.45, 7) is 1.99. The Labute approximate surface area is 82.5 Å². The van der Waals surface area contributed by atoms with Crippen molar-refractivity contribution in [1.29, 1.82) is 0 Å². The number of rotatable bonds is 0. The summed E-state index contributed by atoms with van der Waals surface area (Å²) >= 11 is 0. The first-order chi connectivity index (χ1) is 6.53. The van der Waals surface area contributed by atoms with Gasteiger partial charge in [0.05, 0.1) is 15.8 Å². The summed E-state index contributed by atoms with van der Waals surface area (Å²) < 4.78 is 23.6. The number of fused-ring (bicyclic) bond motifs is 1. The van der Waals surface area contributed by atoms with Gasteiger partial charge in [0.15, 0.2) is 9.84 Å². The lowest BCUT2D eigenvalue weighted by Crippen LogP contribution is -2.31. The quantitative estimate of drug-likeness (QED) is 0.630. The first-order valence-corrected chi connectivity index (χ1v) is 5.88. The molecule has 76 valence electrons. The molecule has 1 aromatic rings. The number of para-hydroxylation sites is 1. The fourth-order valence-corrected chi connectivity index (χ4v) is 2.97. The lowest BCUT2D eigenvalue weighted by atomic mass is 10.3. The van der Waals surface area contributed by atoms with Gasteiger partial charge >= 0.3 is 0 Å². The Morgan fingerprint density at radius 1 is 1.50 bits per heavy atom. The van der Waals surface area contributed by atoms with Crippen molar-refractivity contribution < 1.29 is 13.5 Å². The van der Waals surface area contributed by atoms with Crippen molar-refractivity contribution in [3.8, 4) is 5.75 Å². The molecule has 0 amide bonds. The van der Waals surface area contributed by atoms with Gasteiger partial charge < -0.3 is 10.4 Å². The van der Waals surface area contributed by atoms with Gasteiger partial charge in [0.25, 0.3) is 0 Å². The fourth-order valence-electron chi connectivity index (χ4n) is 1.51. The maximum atomic E-state index is 11.8. The van der Waals surface area contributed by atoms with Gasteiger partial charge in [-0.2, -0.15) is 0 Å². The van der Waals surface area contributed by atoms with Crippen molar-refractivity contribution in [1.82, 2.24) is 0 Å². The van der Waals surface area contributed by atoms with Crippen molar-refractivity contribution in [2.24, 2.45) is 0 Å². The summed E-state index contributed by atoms with van der Waals surface area (Å²) in [7, 11) is -3.27. The molecule has 0 spiro atoms. The highest BCUT2D eigenvalue weighted by molar-refractivity contribution is 7.92. The van der Waals surface area contributed by atoms with E-state index in [4.69, 9.17) is 0 Å². The molecule has 4 nitrogen and oxygen atoms in total. The molecule has 5 heteroatoms. The smallest absolute Gasteiger partial charge is 0.184 e. The van der Waals surface area contributed by atoms with Gasteiger partial charge in [-0.3, -0.25) is 0 Å². The third kappa shape index (κ3) is 1.16. The van der Waals surface area contributed by atoms with Crippen LogP contribution in [-0.2, 0) is 9.84 Å². The number of phenolic OH excluding ortho intramolecular Hbond substituents is 1. The van der Waals surface area contributed by atoms with Gasteiger partial charge in [0.1, 0.15) is 5.75 Å². The summed E-state index contributed by atoms with van der Waals surface area (Å²) in [4.78, 5) is 0.191. The number of benzene rings is 1. The van der Waals surface area contributed by atoms with E-state index in [9.17, 15) is 13.5 Å². The van der Waals surface area contributed by atoms with Crippen molar-refractivity contribution in [2.75, 3.05) is 11.9 Å². The summed E-state index contributed by atoms with van der Waals surface area (Å²) in [6, 6.07) is 4.51. The minimum atomic E-state index is -3.27. The van der Waals surface area contributed by atoms with Crippen molar-refractivity contribution in [2.45, 2.75) is 17.1 Å². The zero-order valence-electron chi connectivity index (χ0n) is 7.69. The first kappa shape index (κ1) is 9.33. The second-order valence-corrected chi connectivity index (χ2v) is 5.72. The maximum Gasteiger partial charge on any atom is 0.184 e. The predicted molar refractivity (Wildman–Crippen MR) is 53.2 cm³/mol. The number of aromatic hydroxyl groups is 1. The molecule has 1 aliphatic heterocycles. The summed E-state index contributed by atoms with van der Waals surface area (Å²) in [6.07, 6.45) is 0. The van der Waals surface area contributed by atoms with Crippen molar-refractivity contribution in [3.05, 3.63) is 18.2 Å². The van der Waals surface area contributed by atoms with Crippen LogP contribution in [0.1, 0.15) is 6.92 Å². The van der Waals surface area contributed by atoms with E-state index in [0.29, 0.717) is 12.2 Å². The van der Waals surface area contributed by atoms with Crippen LogP contribution in [0.3, 0.4) is 0 Å². The number of hydrogen-bond acceptors (Lipinski definition) is 4. The van der Waals surface area contributed by atoms with Crippen LogP contribution >= 0.6 is 0 Å². The van der Waals surface area contributed by atoms with Crippen LogP contribution in [0.2, 0.25) is 0 Å². The van der Waals surface area contributed by atoms with Gasteiger partial charge in [0, 0.05) is 6.54 Å². The second-order valence-electron chi connectivity index (χ2n) is 3.39. The summed E-state index contributed by atoms with van der Waals surface area (Å²) in [5, 5.41) is 11.9. The molecule has 0 saturated heterocycles. The van der Waals surface area contributed by atoms with E-state index < -0.39 is 15.1 Å². The Hall–Kier alpha value is -1.23. The number of sulfone groups is 1. The Balaban J connectivity index is 2.71. The predicted octanol–water partition coefficient (Wildman–Crippen LogP) is 0.980.